The molecule has 2 N–H and O–H groups in total. The molecule has 2 atom stereocenters. The van der Waals surface area contributed by atoms with Gasteiger partial charge in [0.25, 0.3) is 0 Å². The lowest BCUT2D eigenvalue weighted by Crippen LogP contribution is -2.44. The quantitative estimate of drug-likeness (QED) is 0.895. The third-order valence-electron chi connectivity index (χ3n) is 5.31. The zero-order chi connectivity index (χ0) is 15.4. The van der Waals surface area contributed by atoms with Gasteiger partial charge in [0.05, 0.1) is 0 Å². The Hall–Kier alpha value is -1.35. The molecular formula is C19H28N2O. The highest BCUT2D eigenvalue weighted by Crippen LogP contribution is 2.35. The SMILES string of the molecule is CC(=O)NC1CCC(N[C@H]2CC[C@@H](c3ccccc3)C2)CC1. The summed E-state index contributed by atoms with van der Waals surface area (Å²) in [4.78, 5) is 11.1. The molecule has 2 aliphatic carbocycles. The van der Waals surface area contributed by atoms with Crippen LogP contribution in [0.5, 0.6) is 0 Å². The average molecular weight is 300 g/mol. The van der Waals surface area contributed by atoms with Crippen LogP contribution in [0.3, 0.4) is 0 Å². The lowest BCUT2D eigenvalue weighted by molar-refractivity contribution is -0.119. The van der Waals surface area contributed by atoms with Crippen molar-refractivity contribution in [2.75, 3.05) is 0 Å². The Labute approximate surface area is 133 Å². The molecule has 2 saturated carbocycles. The van der Waals surface area contributed by atoms with Crippen molar-refractivity contribution in [1.29, 1.82) is 0 Å². The molecule has 2 aliphatic rings. The molecule has 0 bridgehead atoms. The van der Waals surface area contributed by atoms with Crippen LogP contribution in [0.1, 0.15) is 63.4 Å². The van der Waals surface area contributed by atoms with Gasteiger partial charge in [-0.1, -0.05) is 30.3 Å². The molecule has 1 aromatic rings. The largest absolute Gasteiger partial charge is 0.354 e. The van der Waals surface area contributed by atoms with Gasteiger partial charge >= 0.3 is 0 Å². The van der Waals surface area contributed by atoms with Crippen molar-refractivity contribution in [2.24, 2.45) is 0 Å². The van der Waals surface area contributed by atoms with Gasteiger partial charge in [0.15, 0.2) is 0 Å². The second kappa shape index (κ2) is 7.28. The monoisotopic (exact) mass is 300 g/mol. The van der Waals surface area contributed by atoms with Crippen molar-refractivity contribution in [3.05, 3.63) is 35.9 Å². The molecule has 0 heterocycles. The summed E-state index contributed by atoms with van der Waals surface area (Å²) in [5.41, 5.74) is 1.50. The van der Waals surface area contributed by atoms with Gasteiger partial charge in [-0.3, -0.25) is 4.79 Å². The van der Waals surface area contributed by atoms with Gasteiger partial charge in [-0.25, -0.2) is 0 Å². The molecule has 0 aromatic heterocycles. The van der Waals surface area contributed by atoms with E-state index in [1.807, 2.05) is 0 Å². The van der Waals surface area contributed by atoms with Gasteiger partial charge in [0, 0.05) is 25.0 Å². The number of benzene rings is 1. The minimum absolute atomic E-state index is 0.109. The standard InChI is InChI=1S/C19H28N2O/c1-14(22)20-17-9-11-18(12-10-17)21-19-8-7-16(13-19)15-5-3-2-4-6-15/h2-6,16-19,21H,7-13H2,1H3,(H,20,22)/t16-,17?,18?,19+/m1/s1. The fourth-order valence-electron chi connectivity index (χ4n) is 4.19. The lowest BCUT2D eigenvalue weighted by atomic mass is 9.90. The van der Waals surface area contributed by atoms with E-state index in [-0.39, 0.29) is 5.91 Å². The number of carbonyl (C=O) groups is 1. The minimum Gasteiger partial charge on any atom is -0.354 e. The maximum absolute atomic E-state index is 11.1. The molecule has 0 aliphatic heterocycles. The van der Waals surface area contributed by atoms with E-state index in [1.54, 1.807) is 6.92 Å². The van der Waals surface area contributed by atoms with Crippen LogP contribution in [-0.4, -0.2) is 24.0 Å². The third kappa shape index (κ3) is 4.10. The molecule has 1 amide bonds. The van der Waals surface area contributed by atoms with Crippen LogP contribution in [0.15, 0.2) is 30.3 Å². The molecule has 1 aromatic carbocycles. The van der Waals surface area contributed by atoms with E-state index in [9.17, 15) is 4.79 Å². The van der Waals surface area contributed by atoms with E-state index in [1.165, 1.54) is 37.7 Å². The van der Waals surface area contributed by atoms with E-state index < -0.39 is 0 Å². The summed E-state index contributed by atoms with van der Waals surface area (Å²) < 4.78 is 0. The molecular weight excluding hydrogens is 272 g/mol. The Kier molecular flexibility index (Phi) is 5.14. The van der Waals surface area contributed by atoms with Crippen LogP contribution in [0.25, 0.3) is 0 Å². The van der Waals surface area contributed by atoms with Gasteiger partial charge in [0.1, 0.15) is 0 Å². The third-order valence-corrected chi connectivity index (χ3v) is 5.31. The number of amides is 1. The predicted molar refractivity (Wildman–Crippen MR) is 89.8 cm³/mol. The molecule has 3 rings (SSSR count). The summed E-state index contributed by atoms with van der Waals surface area (Å²) in [7, 11) is 0. The van der Waals surface area contributed by atoms with Crippen molar-refractivity contribution in [3.8, 4) is 0 Å². The molecule has 0 unspecified atom stereocenters. The summed E-state index contributed by atoms with van der Waals surface area (Å²) in [5, 5.41) is 6.94. The molecule has 0 saturated heterocycles. The summed E-state index contributed by atoms with van der Waals surface area (Å²) in [6, 6.07) is 12.7. The van der Waals surface area contributed by atoms with Crippen LogP contribution in [0.2, 0.25) is 0 Å². The first-order valence-electron chi connectivity index (χ1n) is 8.79. The van der Waals surface area contributed by atoms with Crippen molar-refractivity contribution in [1.82, 2.24) is 10.6 Å². The number of carbonyl (C=O) groups excluding carboxylic acids is 1. The van der Waals surface area contributed by atoms with Gasteiger partial charge < -0.3 is 10.6 Å². The molecule has 22 heavy (non-hydrogen) atoms. The average Bonchev–Trinajstić information content (AvgIpc) is 2.98. The van der Waals surface area contributed by atoms with Crippen molar-refractivity contribution < 1.29 is 4.79 Å². The normalized spacial score (nSPS) is 31.9. The van der Waals surface area contributed by atoms with Crippen LogP contribution in [0, 0.1) is 0 Å². The highest BCUT2D eigenvalue weighted by molar-refractivity contribution is 5.73. The van der Waals surface area contributed by atoms with Crippen LogP contribution >= 0.6 is 0 Å². The summed E-state index contributed by atoms with van der Waals surface area (Å²) in [5.74, 6) is 0.840. The molecule has 120 valence electrons. The van der Waals surface area contributed by atoms with Crippen molar-refractivity contribution >= 4 is 5.91 Å². The molecule has 0 spiro atoms. The first-order valence-corrected chi connectivity index (χ1v) is 8.79. The Bertz CT molecular complexity index is 479. The molecule has 2 fully saturated rings. The molecule has 3 heteroatoms. The first kappa shape index (κ1) is 15.5. The second-order valence-electron chi connectivity index (χ2n) is 7.03. The van der Waals surface area contributed by atoms with E-state index >= 15 is 0 Å². The maximum Gasteiger partial charge on any atom is 0.217 e. The second-order valence-corrected chi connectivity index (χ2v) is 7.03. The molecule has 0 radical (unpaired) electrons. The highest BCUT2D eigenvalue weighted by atomic mass is 16.1. The lowest BCUT2D eigenvalue weighted by Gasteiger charge is -2.31. The zero-order valence-electron chi connectivity index (χ0n) is 13.6. The van der Waals surface area contributed by atoms with Crippen LogP contribution < -0.4 is 10.6 Å². The fraction of sp³-hybridized carbons (Fsp3) is 0.632. The number of rotatable bonds is 4. The smallest absolute Gasteiger partial charge is 0.217 e. The Morgan fingerprint density at radius 1 is 0.909 bits per heavy atom. The van der Waals surface area contributed by atoms with Crippen molar-refractivity contribution in [2.45, 2.75) is 75.9 Å². The van der Waals surface area contributed by atoms with E-state index in [0.717, 1.165) is 18.8 Å². The van der Waals surface area contributed by atoms with Gasteiger partial charge in [0.2, 0.25) is 5.91 Å². The Balaban J connectivity index is 1.43. The van der Waals surface area contributed by atoms with Gasteiger partial charge in [-0.05, 0) is 56.4 Å². The first-order chi connectivity index (χ1) is 10.7. The fourth-order valence-corrected chi connectivity index (χ4v) is 4.19. The van der Waals surface area contributed by atoms with Gasteiger partial charge in [-0.2, -0.15) is 0 Å². The van der Waals surface area contributed by atoms with E-state index in [4.69, 9.17) is 0 Å². The Morgan fingerprint density at radius 3 is 2.23 bits per heavy atom. The summed E-state index contributed by atoms with van der Waals surface area (Å²) >= 11 is 0. The van der Waals surface area contributed by atoms with Crippen LogP contribution in [0.4, 0.5) is 0 Å². The van der Waals surface area contributed by atoms with E-state index in [2.05, 4.69) is 41.0 Å². The summed E-state index contributed by atoms with van der Waals surface area (Å²) in [6.45, 7) is 1.62. The van der Waals surface area contributed by atoms with E-state index in [0.29, 0.717) is 18.1 Å². The highest BCUT2D eigenvalue weighted by Gasteiger charge is 2.29. The summed E-state index contributed by atoms with van der Waals surface area (Å²) in [6.07, 6.45) is 8.50. The van der Waals surface area contributed by atoms with Crippen LogP contribution in [-0.2, 0) is 4.79 Å². The molecule has 3 nitrogen and oxygen atoms in total. The number of nitrogens with one attached hydrogen (secondary N) is 2. The maximum atomic E-state index is 11.1. The Morgan fingerprint density at radius 2 is 1.55 bits per heavy atom. The topological polar surface area (TPSA) is 41.1 Å². The minimum atomic E-state index is 0.109. The number of hydrogen-bond acceptors (Lipinski definition) is 2. The number of hydrogen-bond donors (Lipinski definition) is 2. The van der Waals surface area contributed by atoms with Gasteiger partial charge in [-0.15, -0.1) is 0 Å². The predicted octanol–water partition coefficient (Wildman–Crippen LogP) is 3.36. The van der Waals surface area contributed by atoms with Crippen molar-refractivity contribution in [3.63, 3.8) is 0 Å². The zero-order valence-corrected chi connectivity index (χ0v) is 13.6.